The molecule has 3 aromatic heterocycles. The molecule has 1 aliphatic carbocycles. The van der Waals surface area contributed by atoms with Crippen LogP contribution in [-0.4, -0.2) is 9.97 Å². The van der Waals surface area contributed by atoms with Gasteiger partial charge < -0.3 is 4.42 Å². The van der Waals surface area contributed by atoms with Crippen molar-refractivity contribution in [3.05, 3.63) is 84.6 Å². The third kappa shape index (κ3) is 3.82. The molecular weight excluding hydrogens is 404 g/mol. The molecule has 3 nitrogen and oxygen atoms in total. The molecule has 164 valence electrons. The van der Waals surface area contributed by atoms with Crippen molar-refractivity contribution in [2.24, 2.45) is 5.89 Å². The first-order chi connectivity index (χ1) is 16.9. The number of pyridine rings is 2. The first-order valence-corrected chi connectivity index (χ1v) is 11.8. The van der Waals surface area contributed by atoms with E-state index >= 15 is 0 Å². The minimum Gasteiger partial charge on any atom is -0.438 e. The van der Waals surface area contributed by atoms with E-state index in [1.807, 2.05) is 67.6 Å². The molecule has 6 rings (SSSR count). The summed E-state index contributed by atoms with van der Waals surface area (Å²) in [7, 11) is 0. The summed E-state index contributed by atoms with van der Waals surface area (Å²) < 4.78 is 24.3. The molecule has 2 aromatic carbocycles. The average Bonchev–Trinajstić information content (AvgIpc) is 3.27. The Bertz CT molecular complexity index is 1520. The monoisotopic (exact) mass is 434 g/mol. The number of aromatic nitrogens is 2. The molecule has 33 heavy (non-hydrogen) atoms. The lowest BCUT2D eigenvalue weighted by Crippen LogP contribution is -2.14. The molecule has 0 saturated heterocycles. The summed E-state index contributed by atoms with van der Waals surface area (Å²) in [6, 6.07) is 24.2. The van der Waals surface area contributed by atoms with Crippen LogP contribution in [0.1, 0.15) is 53.2 Å². The average molecular weight is 435 g/mol. The van der Waals surface area contributed by atoms with Crippen molar-refractivity contribution in [3.8, 4) is 22.5 Å². The molecule has 1 saturated carbocycles. The third-order valence-corrected chi connectivity index (χ3v) is 6.88. The fraction of sp³-hybridized carbons (Fsp3) is 0.267. The van der Waals surface area contributed by atoms with E-state index in [4.69, 9.17) is 10.8 Å². The van der Waals surface area contributed by atoms with Crippen LogP contribution in [-0.2, 0) is 0 Å². The first-order valence-electron chi connectivity index (χ1n) is 12.8. The number of fused-ring (bicyclic) bond motifs is 3. The van der Waals surface area contributed by atoms with E-state index in [0.29, 0.717) is 5.71 Å². The summed E-state index contributed by atoms with van der Waals surface area (Å²) in [5.41, 5.74) is 5.97. The Morgan fingerprint density at radius 3 is 2.58 bits per heavy atom. The van der Waals surface area contributed by atoms with Crippen molar-refractivity contribution < 1.29 is 7.16 Å². The van der Waals surface area contributed by atoms with Crippen LogP contribution in [0.3, 0.4) is 0 Å². The quantitative estimate of drug-likeness (QED) is 0.285. The number of benzene rings is 2. The van der Waals surface area contributed by atoms with Gasteiger partial charge in [-0.25, -0.2) is 4.98 Å². The molecule has 0 amide bonds. The van der Waals surface area contributed by atoms with E-state index in [-0.39, 0.29) is 0 Å². The predicted octanol–water partition coefficient (Wildman–Crippen LogP) is 8.39. The second-order valence-corrected chi connectivity index (χ2v) is 8.95. The number of rotatable bonds is 4. The number of furan rings is 1. The normalized spacial score (nSPS) is 18.6. The summed E-state index contributed by atoms with van der Waals surface area (Å²) in [5, 5.41) is 1.96. The van der Waals surface area contributed by atoms with Crippen LogP contribution in [0, 0.1) is 5.89 Å². The second-order valence-electron chi connectivity index (χ2n) is 8.95. The van der Waals surface area contributed by atoms with E-state index < -0.39 is 11.8 Å². The third-order valence-electron chi connectivity index (χ3n) is 6.88. The van der Waals surface area contributed by atoms with Gasteiger partial charge in [0.1, 0.15) is 5.58 Å². The maximum atomic E-state index is 9.18. The van der Waals surface area contributed by atoms with Gasteiger partial charge in [-0.15, -0.1) is 0 Å². The lowest BCUT2D eigenvalue weighted by molar-refractivity contribution is 0.316. The Labute approximate surface area is 197 Å². The van der Waals surface area contributed by atoms with Gasteiger partial charge in [-0.05, 0) is 72.7 Å². The largest absolute Gasteiger partial charge is 0.438 e. The van der Waals surface area contributed by atoms with Gasteiger partial charge >= 0.3 is 0 Å². The highest BCUT2D eigenvalue weighted by Crippen LogP contribution is 2.37. The summed E-state index contributed by atoms with van der Waals surface area (Å²) >= 11 is 0. The van der Waals surface area contributed by atoms with Crippen LogP contribution in [0.5, 0.6) is 0 Å². The predicted molar refractivity (Wildman–Crippen MR) is 135 cm³/mol. The number of nitrogens with zero attached hydrogens (tertiary/aromatic N) is 2. The zero-order valence-corrected chi connectivity index (χ0v) is 18.8. The van der Waals surface area contributed by atoms with E-state index in [0.717, 1.165) is 70.1 Å². The van der Waals surface area contributed by atoms with Gasteiger partial charge in [-0.2, -0.15) is 0 Å². The van der Waals surface area contributed by atoms with Crippen LogP contribution < -0.4 is 0 Å². The molecule has 1 unspecified atom stereocenters. The highest BCUT2D eigenvalue weighted by Gasteiger charge is 2.22. The molecule has 1 aliphatic rings. The maximum Gasteiger partial charge on any atom is 0.227 e. The fourth-order valence-electron chi connectivity index (χ4n) is 4.97. The number of hydrogen-bond donors (Lipinski definition) is 0. The highest BCUT2D eigenvalue weighted by molar-refractivity contribution is 6.05. The van der Waals surface area contributed by atoms with Gasteiger partial charge in [-0.1, -0.05) is 56.5 Å². The van der Waals surface area contributed by atoms with E-state index in [1.54, 1.807) is 6.20 Å². The van der Waals surface area contributed by atoms with Crippen molar-refractivity contribution >= 4 is 22.1 Å². The summed E-state index contributed by atoms with van der Waals surface area (Å²) in [4.78, 5) is 9.39. The van der Waals surface area contributed by atoms with Gasteiger partial charge in [-0.3, -0.25) is 4.98 Å². The van der Waals surface area contributed by atoms with Crippen LogP contribution >= 0.6 is 0 Å². The Balaban J connectivity index is 1.39. The molecular formula is C30H28N2O. The lowest BCUT2D eigenvalue weighted by Gasteiger charge is -2.28. The lowest BCUT2D eigenvalue weighted by atomic mass is 9.78. The Morgan fingerprint density at radius 2 is 1.73 bits per heavy atom. The zero-order chi connectivity index (χ0) is 24.0. The summed E-state index contributed by atoms with van der Waals surface area (Å²) in [6.45, 7) is 1.90. The highest BCUT2D eigenvalue weighted by atomic mass is 16.3. The maximum absolute atomic E-state index is 9.18. The van der Waals surface area contributed by atoms with Crippen LogP contribution in [0.4, 0.5) is 0 Å². The first kappa shape index (κ1) is 18.0. The zero-order valence-electron chi connectivity index (χ0n) is 20.8. The van der Waals surface area contributed by atoms with Crippen molar-refractivity contribution in [1.29, 1.82) is 0 Å². The van der Waals surface area contributed by atoms with Crippen molar-refractivity contribution in [2.45, 2.75) is 44.9 Å². The molecule has 0 radical (unpaired) electrons. The van der Waals surface area contributed by atoms with Crippen molar-refractivity contribution in [1.82, 2.24) is 9.97 Å². The Hall–Kier alpha value is -3.46. The minimum absolute atomic E-state index is 0.618. The van der Waals surface area contributed by atoms with E-state index in [1.165, 1.54) is 6.42 Å². The molecule has 0 bridgehead atoms. The summed E-state index contributed by atoms with van der Waals surface area (Å²) in [6.07, 6.45) is 6.54. The standard InChI is InChI=1S/C30H28N2O/c1-20(21-8-4-2-5-9-21)23-16-17-31-28(19-23)24-12-15-29-26(18-24)25-13-14-27(32-30(25)33-29)22-10-6-3-7-11-22/h3,6-7,10-21H,2,4-5,8-9H2,1H3/i20D,21D. The minimum atomic E-state index is -0.991. The molecule has 0 aliphatic heterocycles. The second kappa shape index (κ2) is 8.47. The van der Waals surface area contributed by atoms with Gasteiger partial charge in [0.05, 0.1) is 11.4 Å². The Morgan fingerprint density at radius 1 is 0.879 bits per heavy atom. The van der Waals surface area contributed by atoms with Crippen molar-refractivity contribution in [3.63, 3.8) is 0 Å². The molecule has 5 aromatic rings. The van der Waals surface area contributed by atoms with Gasteiger partial charge in [0.25, 0.3) is 0 Å². The number of hydrogen-bond acceptors (Lipinski definition) is 3. The Kier molecular flexibility index (Phi) is 4.63. The van der Waals surface area contributed by atoms with Gasteiger partial charge in [0, 0.05) is 30.8 Å². The molecule has 1 atom stereocenters. The smallest absolute Gasteiger partial charge is 0.227 e. The molecule has 3 heteroatoms. The van der Waals surface area contributed by atoms with Crippen LogP contribution in [0.15, 0.2) is 83.4 Å². The van der Waals surface area contributed by atoms with E-state index in [2.05, 4.69) is 17.1 Å². The van der Waals surface area contributed by atoms with Crippen molar-refractivity contribution in [2.75, 3.05) is 0 Å². The topological polar surface area (TPSA) is 38.9 Å². The van der Waals surface area contributed by atoms with Crippen LogP contribution in [0.2, 0.25) is 0 Å². The van der Waals surface area contributed by atoms with E-state index in [9.17, 15) is 1.37 Å². The van der Waals surface area contributed by atoms with Gasteiger partial charge in [0.15, 0.2) is 0 Å². The molecule has 0 spiro atoms. The SMILES string of the molecule is [2H]C1(C([2H])(C)c2ccnc(-c3ccc4oc5nc(-c6ccccc6)ccc5c4c3)c2)CCCCC1. The summed E-state index contributed by atoms with van der Waals surface area (Å²) in [5.74, 6) is -1.76. The molecule has 0 N–H and O–H groups in total. The van der Waals surface area contributed by atoms with Crippen LogP contribution in [0.25, 0.3) is 44.6 Å². The van der Waals surface area contributed by atoms with Gasteiger partial charge in [0.2, 0.25) is 5.71 Å². The molecule has 1 fully saturated rings. The molecule has 3 heterocycles. The fourth-order valence-corrected chi connectivity index (χ4v) is 4.97.